The van der Waals surface area contributed by atoms with E-state index >= 15 is 0 Å². The molecular weight excluding hydrogens is 348 g/mol. The van der Waals surface area contributed by atoms with Gasteiger partial charge < -0.3 is 4.90 Å². The Morgan fingerprint density at radius 3 is 2.15 bits per heavy atom. The minimum atomic E-state index is -3.46. The number of amides is 1. The van der Waals surface area contributed by atoms with Gasteiger partial charge in [0, 0.05) is 26.1 Å². The lowest BCUT2D eigenvalue weighted by atomic mass is 10.2. The van der Waals surface area contributed by atoms with Gasteiger partial charge in [0.15, 0.2) is 0 Å². The Morgan fingerprint density at radius 2 is 1.62 bits per heavy atom. The van der Waals surface area contributed by atoms with E-state index in [4.69, 9.17) is 0 Å². The lowest BCUT2D eigenvalue weighted by Crippen LogP contribution is -2.36. The quantitative estimate of drug-likeness (QED) is 0.713. The van der Waals surface area contributed by atoms with Crippen LogP contribution in [-0.2, 0) is 21.4 Å². The lowest BCUT2D eigenvalue weighted by molar-refractivity contribution is -0.131. The highest BCUT2D eigenvalue weighted by Gasteiger charge is 2.20. The van der Waals surface area contributed by atoms with Crippen LogP contribution in [-0.4, -0.2) is 38.6 Å². The summed E-state index contributed by atoms with van der Waals surface area (Å²) < 4.78 is 25.6. The van der Waals surface area contributed by atoms with Gasteiger partial charge in [0.05, 0.1) is 11.9 Å². The normalized spacial score (nSPS) is 11.2. The second kappa shape index (κ2) is 8.85. The van der Waals surface area contributed by atoms with E-state index in [0.717, 1.165) is 11.1 Å². The van der Waals surface area contributed by atoms with Crippen molar-refractivity contribution in [1.29, 1.82) is 0 Å². The zero-order valence-corrected chi connectivity index (χ0v) is 16.4. The highest BCUT2D eigenvalue weighted by molar-refractivity contribution is 7.92. The predicted octanol–water partition coefficient (Wildman–Crippen LogP) is 3.20. The number of hydrogen-bond donors (Lipinski definition) is 0. The van der Waals surface area contributed by atoms with Gasteiger partial charge in [-0.3, -0.25) is 9.10 Å². The van der Waals surface area contributed by atoms with E-state index in [-0.39, 0.29) is 18.9 Å². The number of anilines is 1. The molecule has 0 fully saturated rings. The first-order chi connectivity index (χ1) is 12.3. The molecule has 2 aromatic rings. The Labute approximate surface area is 156 Å². The third kappa shape index (κ3) is 5.59. The van der Waals surface area contributed by atoms with Crippen LogP contribution in [0.5, 0.6) is 0 Å². The van der Waals surface area contributed by atoms with Crippen LogP contribution in [0.2, 0.25) is 0 Å². The maximum Gasteiger partial charge on any atom is 0.232 e. The van der Waals surface area contributed by atoms with Gasteiger partial charge in [-0.05, 0) is 31.5 Å². The number of sulfonamides is 1. The Morgan fingerprint density at radius 1 is 1.00 bits per heavy atom. The van der Waals surface area contributed by atoms with Gasteiger partial charge in [-0.15, -0.1) is 0 Å². The monoisotopic (exact) mass is 374 g/mol. The molecule has 0 unspecified atom stereocenters. The highest BCUT2D eigenvalue weighted by Crippen LogP contribution is 2.19. The molecule has 0 spiro atoms. The molecule has 0 aliphatic heterocycles. The molecular formula is C20H26N2O3S. The second-order valence-electron chi connectivity index (χ2n) is 6.31. The molecule has 26 heavy (non-hydrogen) atoms. The van der Waals surface area contributed by atoms with Crippen molar-refractivity contribution in [3.63, 3.8) is 0 Å². The van der Waals surface area contributed by atoms with Crippen LogP contribution in [0.3, 0.4) is 0 Å². The molecule has 0 radical (unpaired) electrons. The number of carbonyl (C=O) groups excluding carboxylic acids is 1. The zero-order valence-electron chi connectivity index (χ0n) is 15.6. The van der Waals surface area contributed by atoms with Gasteiger partial charge >= 0.3 is 0 Å². The van der Waals surface area contributed by atoms with Gasteiger partial charge in [0.25, 0.3) is 0 Å². The minimum Gasteiger partial charge on any atom is -0.339 e. The van der Waals surface area contributed by atoms with Crippen molar-refractivity contribution in [1.82, 2.24) is 4.90 Å². The maximum atomic E-state index is 12.6. The summed E-state index contributed by atoms with van der Waals surface area (Å²) in [4.78, 5) is 14.3. The van der Waals surface area contributed by atoms with Crippen molar-refractivity contribution in [3.05, 3.63) is 65.7 Å². The Kier molecular flexibility index (Phi) is 6.80. The summed E-state index contributed by atoms with van der Waals surface area (Å²) in [5.74, 6) is -0.0582. The first kappa shape index (κ1) is 20.0. The van der Waals surface area contributed by atoms with Crippen LogP contribution in [0.4, 0.5) is 5.69 Å². The van der Waals surface area contributed by atoms with E-state index in [0.29, 0.717) is 18.8 Å². The lowest BCUT2D eigenvalue weighted by Gasteiger charge is -2.25. The van der Waals surface area contributed by atoms with Crippen LogP contribution in [0.25, 0.3) is 0 Å². The molecule has 0 bridgehead atoms. The largest absolute Gasteiger partial charge is 0.339 e. The number of nitrogens with zero attached hydrogens (tertiary/aromatic N) is 2. The van der Waals surface area contributed by atoms with Crippen LogP contribution < -0.4 is 4.31 Å². The molecule has 0 saturated heterocycles. The molecule has 0 aliphatic carbocycles. The van der Waals surface area contributed by atoms with Crippen molar-refractivity contribution in [2.24, 2.45) is 0 Å². The molecule has 5 nitrogen and oxygen atoms in total. The maximum absolute atomic E-state index is 12.6. The molecule has 1 amide bonds. The summed E-state index contributed by atoms with van der Waals surface area (Å²) in [6, 6.07) is 17.0. The third-order valence-corrected chi connectivity index (χ3v) is 5.40. The van der Waals surface area contributed by atoms with Crippen molar-refractivity contribution < 1.29 is 13.2 Å². The van der Waals surface area contributed by atoms with Gasteiger partial charge in [-0.2, -0.15) is 0 Å². The van der Waals surface area contributed by atoms with Crippen molar-refractivity contribution in [2.45, 2.75) is 26.8 Å². The predicted molar refractivity (Wildman–Crippen MR) is 106 cm³/mol. The van der Waals surface area contributed by atoms with Gasteiger partial charge in [0.2, 0.25) is 15.9 Å². The van der Waals surface area contributed by atoms with E-state index < -0.39 is 10.0 Å². The molecule has 0 N–H and O–H groups in total. The van der Waals surface area contributed by atoms with Gasteiger partial charge in [-0.25, -0.2) is 8.42 Å². The zero-order chi connectivity index (χ0) is 19.2. The first-order valence-corrected chi connectivity index (χ1v) is 10.5. The minimum absolute atomic E-state index is 0.0582. The average molecular weight is 375 g/mol. The van der Waals surface area contributed by atoms with E-state index in [1.807, 2.05) is 56.3 Å². The molecule has 0 heterocycles. The number of rotatable bonds is 8. The fourth-order valence-electron chi connectivity index (χ4n) is 2.73. The fraction of sp³-hybridized carbons (Fsp3) is 0.350. The first-order valence-electron chi connectivity index (χ1n) is 8.67. The number of hydrogen-bond acceptors (Lipinski definition) is 3. The molecule has 140 valence electrons. The molecule has 0 atom stereocenters. The number of carbonyl (C=O) groups is 1. The molecule has 0 aromatic heterocycles. The smallest absolute Gasteiger partial charge is 0.232 e. The fourth-order valence-corrected chi connectivity index (χ4v) is 3.66. The summed E-state index contributed by atoms with van der Waals surface area (Å²) in [5.41, 5.74) is 2.69. The third-order valence-electron chi connectivity index (χ3n) is 4.20. The average Bonchev–Trinajstić information content (AvgIpc) is 2.61. The molecule has 2 rings (SSSR count). The topological polar surface area (TPSA) is 57.7 Å². The summed E-state index contributed by atoms with van der Waals surface area (Å²) in [7, 11) is -3.46. The van der Waals surface area contributed by atoms with Crippen molar-refractivity contribution in [3.8, 4) is 0 Å². The van der Waals surface area contributed by atoms with Gasteiger partial charge in [-0.1, -0.05) is 48.0 Å². The Bertz CT molecular complexity index is 818. The van der Waals surface area contributed by atoms with E-state index in [1.54, 1.807) is 17.0 Å². The van der Waals surface area contributed by atoms with Gasteiger partial charge in [0.1, 0.15) is 0 Å². The Balaban J connectivity index is 2.07. The molecule has 2 aromatic carbocycles. The summed E-state index contributed by atoms with van der Waals surface area (Å²) in [6.07, 6.45) is 1.31. The molecule has 6 heteroatoms. The highest BCUT2D eigenvalue weighted by atomic mass is 32.2. The van der Waals surface area contributed by atoms with Crippen LogP contribution in [0, 0.1) is 6.92 Å². The van der Waals surface area contributed by atoms with E-state index in [1.165, 1.54) is 10.6 Å². The number of aryl methyl sites for hydroxylation is 1. The van der Waals surface area contributed by atoms with E-state index in [9.17, 15) is 13.2 Å². The van der Waals surface area contributed by atoms with Crippen molar-refractivity contribution in [2.75, 3.05) is 23.7 Å². The van der Waals surface area contributed by atoms with Crippen molar-refractivity contribution >= 4 is 21.6 Å². The van der Waals surface area contributed by atoms with E-state index in [2.05, 4.69) is 0 Å². The summed E-state index contributed by atoms with van der Waals surface area (Å²) >= 11 is 0. The van der Waals surface area contributed by atoms with Crippen LogP contribution in [0.1, 0.15) is 24.5 Å². The molecule has 0 aliphatic rings. The standard InChI is InChI=1S/C20H26N2O3S/c1-4-21(16-18-8-6-5-7-9-18)20(23)14-15-22(26(3,24)25)19-12-10-17(2)11-13-19/h5-13H,4,14-16H2,1-3H3. The molecule has 0 saturated carbocycles. The van der Waals surface area contributed by atoms with Crippen LogP contribution in [0.15, 0.2) is 54.6 Å². The summed E-state index contributed by atoms with van der Waals surface area (Å²) in [6.45, 7) is 5.11. The summed E-state index contributed by atoms with van der Waals surface area (Å²) in [5, 5.41) is 0. The number of benzene rings is 2. The Hall–Kier alpha value is -2.34. The van der Waals surface area contributed by atoms with Crippen LogP contribution >= 0.6 is 0 Å². The second-order valence-corrected chi connectivity index (χ2v) is 8.22. The SMILES string of the molecule is CCN(Cc1ccccc1)C(=O)CCN(c1ccc(C)cc1)S(C)(=O)=O.